The lowest BCUT2D eigenvalue weighted by atomic mass is 10.0. The molecule has 1 saturated heterocycles. The van der Waals surface area contributed by atoms with Crippen molar-refractivity contribution in [3.63, 3.8) is 0 Å². The SMILES string of the molecule is COc1ccc(F)cc1-c1cnc2ccc(N3CC(N(C)C(=O)O)CC3C(C)C)nn12. The average Bonchev–Trinajstić information content (AvgIpc) is 3.37. The van der Waals surface area contributed by atoms with Crippen LogP contribution < -0.4 is 9.64 Å². The summed E-state index contributed by atoms with van der Waals surface area (Å²) in [6.07, 6.45) is 1.44. The van der Waals surface area contributed by atoms with Gasteiger partial charge in [0.05, 0.1) is 25.0 Å². The largest absolute Gasteiger partial charge is 0.496 e. The highest BCUT2D eigenvalue weighted by atomic mass is 19.1. The highest BCUT2D eigenvalue weighted by Gasteiger charge is 2.38. The van der Waals surface area contributed by atoms with Gasteiger partial charge in [-0.15, -0.1) is 5.10 Å². The molecule has 2 atom stereocenters. The zero-order valence-corrected chi connectivity index (χ0v) is 18.0. The van der Waals surface area contributed by atoms with Gasteiger partial charge >= 0.3 is 6.09 Å². The van der Waals surface area contributed by atoms with Crippen molar-refractivity contribution in [2.45, 2.75) is 32.4 Å². The van der Waals surface area contributed by atoms with E-state index >= 15 is 0 Å². The first-order valence-corrected chi connectivity index (χ1v) is 10.2. The molecule has 0 spiro atoms. The number of amides is 1. The molecular formula is C22H26FN5O3. The van der Waals surface area contributed by atoms with Gasteiger partial charge in [-0.2, -0.15) is 0 Å². The summed E-state index contributed by atoms with van der Waals surface area (Å²) in [5.74, 6) is 1.19. The predicted molar refractivity (Wildman–Crippen MR) is 115 cm³/mol. The average molecular weight is 427 g/mol. The van der Waals surface area contributed by atoms with Gasteiger partial charge in [0.1, 0.15) is 17.4 Å². The quantitative estimate of drug-likeness (QED) is 0.668. The number of rotatable bonds is 5. The van der Waals surface area contributed by atoms with E-state index in [2.05, 4.69) is 23.7 Å². The number of halogens is 1. The van der Waals surface area contributed by atoms with Gasteiger partial charge < -0.3 is 19.6 Å². The zero-order chi connectivity index (χ0) is 22.3. The number of hydrogen-bond acceptors (Lipinski definition) is 5. The number of aromatic nitrogens is 3. The maximum absolute atomic E-state index is 14.0. The second-order valence-electron chi connectivity index (χ2n) is 8.20. The molecule has 0 radical (unpaired) electrons. The molecule has 1 fully saturated rings. The van der Waals surface area contributed by atoms with Crippen molar-refractivity contribution in [3.8, 4) is 17.0 Å². The molecule has 1 amide bonds. The molecule has 9 heteroatoms. The van der Waals surface area contributed by atoms with Crippen molar-refractivity contribution in [2.75, 3.05) is 25.6 Å². The third kappa shape index (κ3) is 3.75. The summed E-state index contributed by atoms with van der Waals surface area (Å²) in [4.78, 5) is 19.4. The molecule has 3 aromatic rings. The number of hydrogen-bond donors (Lipinski definition) is 1. The Morgan fingerprint density at radius 1 is 1.32 bits per heavy atom. The maximum Gasteiger partial charge on any atom is 0.407 e. The van der Waals surface area contributed by atoms with Crippen LogP contribution in [-0.2, 0) is 0 Å². The molecule has 1 aliphatic rings. The molecule has 1 aromatic carbocycles. The van der Waals surface area contributed by atoms with Gasteiger partial charge in [0.2, 0.25) is 0 Å². The molecule has 0 bridgehead atoms. The second-order valence-corrected chi connectivity index (χ2v) is 8.20. The number of benzene rings is 1. The fourth-order valence-corrected chi connectivity index (χ4v) is 4.26. The number of carbonyl (C=O) groups is 1. The van der Waals surface area contributed by atoms with Gasteiger partial charge in [-0.05, 0) is 42.7 Å². The van der Waals surface area contributed by atoms with E-state index in [1.54, 1.807) is 23.8 Å². The molecule has 8 nitrogen and oxygen atoms in total. The van der Waals surface area contributed by atoms with E-state index in [0.717, 1.165) is 12.2 Å². The molecule has 1 N–H and O–H groups in total. The first-order valence-electron chi connectivity index (χ1n) is 10.2. The molecule has 0 aliphatic carbocycles. The summed E-state index contributed by atoms with van der Waals surface area (Å²) in [5, 5.41) is 14.2. The van der Waals surface area contributed by atoms with Gasteiger partial charge in [0, 0.05) is 25.2 Å². The van der Waals surface area contributed by atoms with Crippen LogP contribution in [0.5, 0.6) is 5.75 Å². The van der Waals surface area contributed by atoms with E-state index in [1.165, 1.54) is 24.1 Å². The zero-order valence-electron chi connectivity index (χ0n) is 18.0. The minimum absolute atomic E-state index is 0.118. The number of anilines is 1. The molecule has 0 saturated carbocycles. The van der Waals surface area contributed by atoms with E-state index in [-0.39, 0.29) is 17.9 Å². The second kappa shape index (κ2) is 8.05. The van der Waals surface area contributed by atoms with Gasteiger partial charge in [-0.1, -0.05) is 13.8 Å². The lowest BCUT2D eigenvalue weighted by Crippen LogP contribution is -2.38. The molecule has 31 heavy (non-hydrogen) atoms. The summed E-state index contributed by atoms with van der Waals surface area (Å²) < 4.78 is 21.0. The summed E-state index contributed by atoms with van der Waals surface area (Å²) in [5.41, 5.74) is 1.81. The van der Waals surface area contributed by atoms with Crippen molar-refractivity contribution >= 4 is 17.6 Å². The van der Waals surface area contributed by atoms with Gasteiger partial charge in [0.15, 0.2) is 5.65 Å². The van der Waals surface area contributed by atoms with Crippen LogP contribution in [0.4, 0.5) is 15.0 Å². The predicted octanol–water partition coefficient (Wildman–Crippen LogP) is 3.76. The summed E-state index contributed by atoms with van der Waals surface area (Å²) >= 11 is 0. The lowest BCUT2D eigenvalue weighted by Gasteiger charge is -2.28. The number of methoxy groups -OCH3 is 1. The van der Waals surface area contributed by atoms with Crippen molar-refractivity contribution in [2.24, 2.45) is 5.92 Å². The first-order chi connectivity index (χ1) is 14.8. The number of likely N-dealkylation sites (N-methyl/N-ethyl adjacent to an activating group) is 1. The fraction of sp³-hybridized carbons (Fsp3) is 0.409. The standard InChI is InChI=1S/C22H26FN5O3/c1-13(2)17-10-15(26(3)22(29)30)12-27(17)21-8-7-20-24-11-18(28(20)25-21)16-9-14(23)5-6-19(16)31-4/h5-9,11,13,15,17H,10,12H2,1-4H3,(H,29,30). The summed E-state index contributed by atoms with van der Waals surface area (Å²) in [7, 11) is 3.14. The Bertz CT molecular complexity index is 1120. The van der Waals surface area contributed by atoms with Crippen molar-refractivity contribution in [3.05, 3.63) is 42.3 Å². The molecule has 2 aromatic heterocycles. The minimum atomic E-state index is -0.937. The lowest BCUT2D eigenvalue weighted by molar-refractivity contribution is 0.141. The Labute approximate surface area is 179 Å². The van der Waals surface area contributed by atoms with E-state index in [0.29, 0.717) is 35.1 Å². The Kier molecular flexibility index (Phi) is 5.43. The number of imidazole rings is 1. The topological polar surface area (TPSA) is 83.2 Å². The molecule has 3 heterocycles. The Morgan fingerprint density at radius 2 is 2.10 bits per heavy atom. The van der Waals surface area contributed by atoms with E-state index in [9.17, 15) is 14.3 Å². The summed E-state index contributed by atoms with van der Waals surface area (Å²) in [6, 6.07) is 8.12. The van der Waals surface area contributed by atoms with Crippen LogP contribution >= 0.6 is 0 Å². The highest BCUT2D eigenvalue weighted by Crippen LogP contribution is 2.33. The van der Waals surface area contributed by atoms with E-state index in [1.807, 2.05) is 12.1 Å². The van der Waals surface area contributed by atoms with Crippen LogP contribution in [0.25, 0.3) is 16.9 Å². The fourth-order valence-electron chi connectivity index (χ4n) is 4.26. The number of ether oxygens (including phenoxy) is 1. The van der Waals surface area contributed by atoms with Crippen LogP contribution in [0.1, 0.15) is 20.3 Å². The molecule has 1 aliphatic heterocycles. The highest BCUT2D eigenvalue weighted by molar-refractivity contribution is 5.70. The Balaban J connectivity index is 1.77. The maximum atomic E-state index is 14.0. The minimum Gasteiger partial charge on any atom is -0.496 e. The Morgan fingerprint density at radius 3 is 2.77 bits per heavy atom. The summed E-state index contributed by atoms with van der Waals surface area (Å²) in [6.45, 7) is 4.80. The molecule has 164 valence electrons. The number of nitrogens with zero attached hydrogens (tertiary/aromatic N) is 5. The smallest absolute Gasteiger partial charge is 0.407 e. The first kappa shape index (κ1) is 20.9. The van der Waals surface area contributed by atoms with Crippen LogP contribution in [0.2, 0.25) is 0 Å². The van der Waals surface area contributed by atoms with Crippen molar-refractivity contribution in [1.82, 2.24) is 19.5 Å². The van der Waals surface area contributed by atoms with Crippen LogP contribution in [0.15, 0.2) is 36.5 Å². The number of fused-ring (bicyclic) bond motifs is 1. The number of carboxylic acid groups (broad SMARTS) is 1. The van der Waals surface area contributed by atoms with E-state index in [4.69, 9.17) is 9.84 Å². The van der Waals surface area contributed by atoms with Crippen LogP contribution in [0.3, 0.4) is 0 Å². The van der Waals surface area contributed by atoms with E-state index < -0.39 is 6.09 Å². The third-order valence-corrected chi connectivity index (χ3v) is 6.02. The van der Waals surface area contributed by atoms with Crippen LogP contribution in [-0.4, -0.2) is 63.5 Å². The Hall–Kier alpha value is -3.36. The van der Waals surface area contributed by atoms with Gasteiger partial charge in [-0.3, -0.25) is 0 Å². The molecule has 2 unspecified atom stereocenters. The van der Waals surface area contributed by atoms with Crippen molar-refractivity contribution < 1.29 is 19.0 Å². The van der Waals surface area contributed by atoms with Crippen LogP contribution in [0, 0.1) is 11.7 Å². The molecule has 4 rings (SSSR count). The van der Waals surface area contributed by atoms with Gasteiger partial charge in [0.25, 0.3) is 0 Å². The molecular weight excluding hydrogens is 401 g/mol. The third-order valence-electron chi connectivity index (χ3n) is 6.02. The normalized spacial score (nSPS) is 18.7. The van der Waals surface area contributed by atoms with Crippen molar-refractivity contribution in [1.29, 1.82) is 0 Å². The van der Waals surface area contributed by atoms with Gasteiger partial charge in [-0.25, -0.2) is 18.7 Å². The monoisotopic (exact) mass is 427 g/mol.